The number of nitrogens with zero attached hydrogens (tertiary/aromatic N) is 1. The molecule has 0 atom stereocenters. The Balaban J connectivity index is 2.25. The van der Waals surface area contributed by atoms with Gasteiger partial charge in [-0.25, -0.2) is 0 Å². The molecule has 1 N–H and O–H groups in total. The number of aromatic nitrogens is 1. The Kier molecular flexibility index (Phi) is 4.31. The monoisotopic (exact) mass is 298 g/mol. The normalized spacial score (nSPS) is 10.8. The fraction of sp³-hybridized carbons (Fsp3) is 0.125. The zero-order valence-electron chi connectivity index (χ0n) is 12.1. The zero-order valence-corrected chi connectivity index (χ0v) is 12.1. The number of carbonyl (C=O) groups is 1. The third-order valence-electron chi connectivity index (χ3n) is 3.14. The van der Waals surface area contributed by atoms with Crippen molar-refractivity contribution in [3.05, 3.63) is 79.3 Å². The number of non-ortho nitro benzene ring substituents is 1. The molecule has 0 aliphatic heterocycles. The van der Waals surface area contributed by atoms with Gasteiger partial charge in [-0.1, -0.05) is 6.08 Å². The summed E-state index contributed by atoms with van der Waals surface area (Å²) in [4.78, 5) is 36.6. The Morgan fingerprint density at radius 1 is 1.23 bits per heavy atom. The highest BCUT2D eigenvalue weighted by Gasteiger charge is 2.11. The van der Waals surface area contributed by atoms with Crippen LogP contribution < -0.4 is 5.56 Å². The molecule has 0 saturated carbocycles. The number of aromatic amines is 1. The molecule has 6 heteroatoms. The predicted molar refractivity (Wildman–Crippen MR) is 83.0 cm³/mol. The van der Waals surface area contributed by atoms with Gasteiger partial charge in [0.25, 0.3) is 11.2 Å². The fourth-order valence-electron chi connectivity index (χ4n) is 2.12. The molecule has 1 heterocycles. The van der Waals surface area contributed by atoms with Gasteiger partial charge in [-0.3, -0.25) is 19.7 Å². The summed E-state index contributed by atoms with van der Waals surface area (Å²) < 4.78 is 0. The first-order valence-electron chi connectivity index (χ1n) is 6.56. The third kappa shape index (κ3) is 3.35. The quantitative estimate of drug-likeness (QED) is 0.406. The molecule has 0 unspecified atom stereocenters. The molecular formula is C16H14N2O4. The smallest absolute Gasteiger partial charge is 0.269 e. The zero-order chi connectivity index (χ0) is 16.3. The molecule has 0 aliphatic carbocycles. The van der Waals surface area contributed by atoms with Crippen molar-refractivity contribution in [2.24, 2.45) is 0 Å². The average Bonchev–Trinajstić information content (AvgIpc) is 2.44. The van der Waals surface area contributed by atoms with E-state index in [1.165, 1.54) is 36.4 Å². The van der Waals surface area contributed by atoms with Gasteiger partial charge in [-0.2, -0.15) is 0 Å². The van der Waals surface area contributed by atoms with Gasteiger partial charge in [0.15, 0.2) is 5.78 Å². The molecule has 0 saturated heterocycles. The second-order valence-corrected chi connectivity index (χ2v) is 4.89. The Morgan fingerprint density at radius 3 is 2.41 bits per heavy atom. The Labute approximate surface area is 126 Å². The number of nitro groups is 1. The number of pyridine rings is 1. The maximum absolute atomic E-state index is 12.1. The maximum atomic E-state index is 12.1. The largest absolute Gasteiger partial charge is 0.326 e. The van der Waals surface area contributed by atoms with Crippen LogP contribution in [0.4, 0.5) is 5.69 Å². The van der Waals surface area contributed by atoms with Crippen LogP contribution in [-0.2, 0) is 0 Å². The summed E-state index contributed by atoms with van der Waals surface area (Å²) in [5.74, 6) is -0.405. The number of benzene rings is 1. The summed E-state index contributed by atoms with van der Waals surface area (Å²) >= 11 is 0. The number of aryl methyl sites for hydroxylation is 2. The number of rotatable bonds is 4. The van der Waals surface area contributed by atoms with Crippen LogP contribution in [0.5, 0.6) is 0 Å². The van der Waals surface area contributed by atoms with Crippen molar-refractivity contribution < 1.29 is 9.72 Å². The van der Waals surface area contributed by atoms with Crippen molar-refractivity contribution in [2.75, 3.05) is 0 Å². The number of hydrogen-bond acceptors (Lipinski definition) is 4. The van der Waals surface area contributed by atoms with E-state index >= 15 is 0 Å². The van der Waals surface area contributed by atoms with E-state index in [-0.39, 0.29) is 11.3 Å². The van der Waals surface area contributed by atoms with E-state index in [1.807, 2.05) is 0 Å². The summed E-state index contributed by atoms with van der Waals surface area (Å²) in [5.41, 5.74) is 1.60. The second kappa shape index (κ2) is 6.17. The number of carbonyl (C=O) groups excluding carboxylic acids is 1. The molecule has 0 amide bonds. The van der Waals surface area contributed by atoms with E-state index in [9.17, 15) is 19.7 Å². The molecule has 22 heavy (non-hydrogen) atoms. The summed E-state index contributed by atoms with van der Waals surface area (Å²) in [6.07, 6.45) is 2.80. The van der Waals surface area contributed by atoms with E-state index in [0.29, 0.717) is 16.8 Å². The Bertz CT molecular complexity index is 817. The lowest BCUT2D eigenvalue weighted by Gasteiger charge is -2.02. The van der Waals surface area contributed by atoms with Gasteiger partial charge in [0.05, 0.1) is 10.5 Å². The molecular weight excluding hydrogens is 284 g/mol. The number of allylic oxidation sites excluding steroid dienone is 1. The highest BCUT2D eigenvalue weighted by atomic mass is 16.6. The van der Waals surface area contributed by atoms with Crippen LogP contribution in [-0.4, -0.2) is 15.7 Å². The lowest BCUT2D eigenvalue weighted by molar-refractivity contribution is -0.384. The highest BCUT2D eigenvalue weighted by Crippen LogP contribution is 2.13. The van der Waals surface area contributed by atoms with Crippen molar-refractivity contribution in [1.29, 1.82) is 0 Å². The topological polar surface area (TPSA) is 93.1 Å². The van der Waals surface area contributed by atoms with Gasteiger partial charge in [-0.05, 0) is 49.2 Å². The van der Waals surface area contributed by atoms with Crippen LogP contribution in [0.15, 0.2) is 41.2 Å². The first kappa shape index (κ1) is 15.4. The van der Waals surface area contributed by atoms with Gasteiger partial charge in [0.2, 0.25) is 0 Å². The molecule has 0 radical (unpaired) electrons. The van der Waals surface area contributed by atoms with Crippen molar-refractivity contribution in [3.8, 4) is 0 Å². The molecule has 0 bridgehead atoms. The average molecular weight is 298 g/mol. The van der Waals surface area contributed by atoms with Gasteiger partial charge >= 0.3 is 0 Å². The summed E-state index contributed by atoms with van der Waals surface area (Å²) in [5, 5.41) is 10.6. The minimum absolute atomic E-state index is 0.0192. The van der Waals surface area contributed by atoms with Crippen molar-refractivity contribution in [2.45, 2.75) is 13.8 Å². The van der Waals surface area contributed by atoms with Crippen LogP contribution in [0.2, 0.25) is 0 Å². The maximum Gasteiger partial charge on any atom is 0.269 e. The molecule has 2 rings (SSSR count). The Hall–Kier alpha value is -3.02. The third-order valence-corrected chi connectivity index (χ3v) is 3.14. The van der Waals surface area contributed by atoms with E-state index in [2.05, 4.69) is 4.98 Å². The first-order chi connectivity index (χ1) is 10.4. The van der Waals surface area contributed by atoms with Crippen molar-refractivity contribution in [1.82, 2.24) is 4.98 Å². The van der Waals surface area contributed by atoms with Crippen molar-refractivity contribution in [3.63, 3.8) is 0 Å². The van der Waals surface area contributed by atoms with E-state index in [1.54, 1.807) is 19.9 Å². The van der Waals surface area contributed by atoms with E-state index < -0.39 is 16.3 Å². The van der Waals surface area contributed by atoms with Gasteiger partial charge in [0.1, 0.15) is 0 Å². The lowest BCUT2D eigenvalue weighted by Crippen LogP contribution is -2.19. The number of ketones is 1. The number of nitrogens with one attached hydrogen (secondary N) is 1. The lowest BCUT2D eigenvalue weighted by atomic mass is 10.0. The summed E-state index contributed by atoms with van der Waals surface area (Å²) in [7, 11) is 0. The van der Waals surface area contributed by atoms with Crippen LogP contribution >= 0.6 is 0 Å². The molecule has 1 aromatic carbocycles. The van der Waals surface area contributed by atoms with Crippen molar-refractivity contribution >= 4 is 17.5 Å². The van der Waals surface area contributed by atoms with Gasteiger partial charge in [-0.15, -0.1) is 0 Å². The predicted octanol–water partition coefficient (Wildman–Crippen LogP) is 2.80. The first-order valence-corrected chi connectivity index (χ1v) is 6.56. The van der Waals surface area contributed by atoms with Crippen LogP contribution in [0.25, 0.3) is 6.08 Å². The SMILES string of the molecule is Cc1cc(C)c(C(=O)C=Cc2ccc([N+](=O)[O-])cc2)c(=O)[nH]1. The molecule has 2 aromatic rings. The molecule has 1 aromatic heterocycles. The number of hydrogen-bond donors (Lipinski definition) is 1. The molecule has 6 nitrogen and oxygen atoms in total. The minimum atomic E-state index is -0.492. The molecule has 0 fully saturated rings. The second-order valence-electron chi connectivity index (χ2n) is 4.89. The van der Waals surface area contributed by atoms with Crippen LogP contribution in [0.1, 0.15) is 27.2 Å². The van der Waals surface area contributed by atoms with Crippen LogP contribution in [0, 0.1) is 24.0 Å². The standard InChI is InChI=1S/C16H14N2O4/c1-10-9-11(2)17-16(20)15(10)14(19)8-5-12-3-6-13(7-4-12)18(21)22/h3-9H,1-2H3,(H,17,20). The number of H-pyrrole nitrogens is 1. The number of nitro benzene ring substituents is 1. The van der Waals surface area contributed by atoms with Crippen LogP contribution in [0.3, 0.4) is 0 Å². The molecule has 112 valence electrons. The molecule has 0 aliphatic rings. The van der Waals surface area contributed by atoms with E-state index in [0.717, 1.165) is 0 Å². The summed E-state index contributed by atoms with van der Waals surface area (Å²) in [6.45, 7) is 3.45. The van der Waals surface area contributed by atoms with E-state index in [4.69, 9.17) is 0 Å². The van der Waals surface area contributed by atoms with Gasteiger partial charge < -0.3 is 4.98 Å². The fourth-order valence-corrected chi connectivity index (χ4v) is 2.12. The minimum Gasteiger partial charge on any atom is -0.326 e. The van der Waals surface area contributed by atoms with Gasteiger partial charge in [0, 0.05) is 17.8 Å². The Morgan fingerprint density at radius 2 is 1.86 bits per heavy atom. The highest BCUT2D eigenvalue weighted by molar-refractivity contribution is 6.07. The summed E-state index contributed by atoms with van der Waals surface area (Å²) in [6, 6.07) is 7.51. The molecule has 0 spiro atoms.